The Morgan fingerprint density at radius 3 is 2.88 bits per heavy atom. The summed E-state index contributed by atoms with van der Waals surface area (Å²) >= 11 is 2.19. The Hall–Kier alpha value is 0.270. The number of thioether (sulfide) groups is 1. The normalized spacial score (nSPS) is 35.6. The molecule has 1 N–H and O–H groups in total. The lowest BCUT2D eigenvalue weighted by atomic mass is 10.00. The molecule has 3 heteroatoms. The summed E-state index contributed by atoms with van der Waals surface area (Å²) in [6, 6.07) is 1.44. The lowest BCUT2D eigenvalue weighted by molar-refractivity contribution is 0.132. The molecule has 0 amide bonds. The van der Waals surface area contributed by atoms with Gasteiger partial charge < -0.3 is 5.32 Å². The summed E-state index contributed by atoms with van der Waals surface area (Å²) in [6.07, 6.45) is 4.20. The van der Waals surface area contributed by atoms with E-state index in [1.54, 1.807) is 0 Å². The predicted octanol–water partition coefficient (Wildman–Crippen LogP) is 2.59. The highest BCUT2D eigenvalue weighted by atomic mass is 32.2. The van der Waals surface area contributed by atoms with E-state index in [-0.39, 0.29) is 0 Å². The van der Waals surface area contributed by atoms with E-state index in [1.807, 2.05) is 0 Å². The SMILES string of the molecule is CC(C)CC1CN(CC2CCCS2)C(C)CN1. The second kappa shape index (κ2) is 6.44. The Balaban J connectivity index is 1.81. The van der Waals surface area contributed by atoms with Crippen LogP contribution in [0.1, 0.15) is 40.0 Å². The van der Waals surface area contributed by atoms with E-state index in [0.29, 0.717) is 0 Å². The van der Waals surface area contributed by atoms with Gasteiger partial charge in [-0.05, 0) is 37.9 Å². The van der Waals surface area contributed by atoms with E-state index in [0.717, 1.165) is 23.3 Å². The van der Waals surface area contributed by atoms with Crippen LogP contribution in [-0.2, 0) is 0 Å². The zero-order valence-electron chi connectivity index (χ0n) is 11.6. The van der Waals surface area contributed by atoms with Gasteiger partial charge in [0.15, 0.2) is 0 Å². The van der Waals surface area contributed by atoms with E-state index >= 15 is 0 Å². The van der Waals surface area contributed by atoms with Crippen LogP contribution in [0.2, 0.25) is 0 Å². The van der Waals surface area contributed by atoms with Gasteiger partial charge in [0.1, 0.15) is 0 Å². The molecule has 3 atom stereocenters. The van der Waals surface area contributed by atoms with Crippen LogP contribution in [0.4, 0.5) is 0 Å². The van der Waals surface area contributed by atoms with E-state index in [2.05, 4.69) is 42.7 Å². The molecule has 2 rings (SSSR count). The van der Waals surface area contributed by atoms with E-state index in [4.69, 9.17) is 0 Å². The van der Waals surface area contributed by atoms with Crippen LogP contribution in [0.25, 0.3) is 0 Å². The van der Waals surface area contributed by atoms with Crippen molar-refractivity contribution in [3.05, 3.63) is 0 Å². The minimum Gasteiger partial charge on any atom is -0.311 e. The first kappa shape index (κ1) is 13.7. The number of piperazine rings is 1. The highest BCUT2D eigenvalue weighted by Crippen LogP contribution is 2.28. The molecule has 2 saturated heterocycles. The Morgan fingerprint density at radius 2 is 2.24 bits per heavy atom. The van der Waals surface area contributed by atoms with Gasteiger partial charge in [0.2, 0.25) is 0 Å². The molecule has 2 heterocycles. The van der Waals surface area contributed by atoms with E-state index in [9.17, 15) is 0 Å². The molecule has 3 unspecified atom stereocenters. The summed E-state index contributed by atoms with van der Waals surface area (Å²) in [5.74, 6) is 2.20. The molecule has 0 aromatic carbocycles. The second-order valence-corrected chi connectivity index (χ2v) is 7.58. The summed E-state index contributed by atoms with van der Waals surface area (Å²) in [5, 5.41) is 4.62. The van der Waals surface area contributed by atoms with Gasteiger partial charge in [0, 0.05) is 37.0 Å². The Morgan fingerprint density at radius 1 is 1.41 bits per heavy atom. The van der Waals surface area contributed by atoms with Crippen LogP contribution in [-0.4, -0.2) is 47.6 Å². The zero-order valence-corrected chi connectivity index (χ0v) is 12.4. The Kier molecular flexibility index (Phi) is 5.19. The molecule has 0 bridgehead atoms. The third-order valence-electron chi connectivity index (χ3n) is 4.00. The van der Waals surface area contributed by atoms with Gasteiger partial charge in [0.05, 0.1) is 0 Å². The van der Waals surface area contributed by atoms with Gasteiger partial charge in [-0.15, -0.1) is 0 Å². The Bertz CT molecular complexity index is 226. The number of hydrogen-bond donors (Lipinski definition) is 1. The van der Waals surface area contributed by atoms with Crippen LogP contribution in [0.15, 0.2) is 0 Å². The molecule has 2 fully saturated rings. The van der Waals surface area contributed by atoms with Gasteiger partial charge in [0.25, 0.3) is 0 Å². The standard InChI is InChI=1S/C14H28N2S/c1-11(2)7-13-9-16(12(3)8-15-13)10-14-5-4-6-17-14/h11-15H,4-10H2,1-3H3. The van der Waals surface area contributed by atoms with Gasteiger partial charge in [-0.1, -0.05) is 13.8 Å². The molecule has 2 aliphatic rings. The van der Waals surface area contributed by atoms with Gasteiger partial charge in [-0.2, -0.15) is 11.8 Å². The molecular formula is C14H28N2S. The third kappa shape index (κ3) is 4.15. The van der Waals surface area contributed by atoms with Crippen molar-refractivity contribution in [1.82, 2.24) is 10.2 Å². The number of rotatable bonds is 4. The van der Waals surface area contributed by atoms with Gasteiger partial charge >= 0.3 is 0 Å². The fraction of sp³-hybridized carbons (Fsp3) is 1.00. The van der Waals surface area contributed by atoms with Crippen LogP contribution in [0, 0.1) is 5.92 Å². The molecular weight excluding hydrogens is 228 g/mol. The molecule has 0 spiro atoms. The maximum absolute atomic E-state index is 3.71. The zero-order chi connectivity index (χ0) is 12.3. The van der Waals surface area contributed by atoms with Crippen LogP contribution in [0.5, 0.6) is 0 Å². The summed E-state index contributed by atoms with van der Waals surface area (Å²) in [6.45, 7) is 10.8. The van der Waals surface area contributed by atoms with Crippen molar-refractivity contribution < 1.29 is 0 Å². The largest absolute Gasteiger partial charge is 0.311 e. The molecule has 0 aromatic rings. The fourth-order valence-electron chi connectivity index (χ4n) is 3.03. The van der Waals surface area contributed by atoms with Crippen molar-refractivity contribution >= 4 is 11.8 Å². The van der Waals surface area contributed by atoms with Gasteiger partial charge in [-0.3, -0.25) is 4.90 Å². The average Bonchev–Trinajstić information content (AvgIpc) is 2.75. The van der Waals surface area contributed by atoms with E-state index < -0.39 is 0 Å². The number of nitrogens with zero attached hydrogens (tertiary/aromatic N) is 1. The average molecular weight is 256 g/mol. The summed E-state index contributed by atoms with van der Waals surface area (Å²) in [4.78, 5) is 2.73. The fourth-order valence-corrected chi connectivity index (χ4v) is 4.32. The van der Waals surface area contributed by atoms with Crippen LogP contribution in [0.3, 0.4) is 0 Å². The lowest BCUT2D eigenvalue weighted by Gasteiger charge is -2.40. The first-order valence-corrected chi connectivity index (χ1v) is 8.29. The van der Waals surface area contributed by atoms with Crippen LogP contribution < -0.4 is 5.32 Å². The maximum Gasteiger partial charge on any atom is 0.0198 e. The minimum atomic E-state index is 0.720. The second-order valence-electron chi connectivity index (χ2n) is 6.17. The molecule has 0 aliphatic carbocycles. The highest BCUT2D eigenvalue weighted by Gasteiger charge is 2.28. The molecule has 2 nitrogen and oxygen atoms in total. The summed E-state index contributed by atoms with van der Waals surface area (Å²) in [5.41, 5.74) is 0. The van der Waals surface area contributed by atoms with Crippen molar-refractivity contribution in [2.75, 3.05) is 25.4 Å². The van der Waals surface area contributed by atoms with Gasteiger partial charge in [-0.25, -0.2) is 0 Å². The molecule has 0 radical (unpaired) electrons. The Labute approximate surface area is 111 Å². The van der Waals surface area contributed by atoms with Crippen molar-refractivity contribution in [2.45, 2.75) is 57.4 Å². The van der Waals surface area contributed by atoms with E-state index in [1.165, 1.54) is 44.6 Å². The van der Waals surface area contributed by atoms with Crippen molar-refractivity contribution in [1.29, 1.82) is 0 Å². The molecule has 100 valence electrons. The summed E-state index contributed by atoms with van der Waals surface area (Å²) < 4.78 is 0. The maximum atomic E-state index is 3.71. The molecule has 2 aliphatic heterocycles. The molecule has 0 aromatic heterocycles. The smallest absolute Gasteiger partial charge is 0.0198 e. The van der Waals surface area contributed by atoms with Crippen molar-refractivity contribution in [2.24, 2.45) is 5.92 Å². The number of hydrogen-bond acceptors (Lipinski definition) is 3. The quantitative estimate of drug-likeness (QED) is 0.832. The highest BCUT2D eigenvalue weighted by molar-refractivity contribution is 8.00. The topological polar surface area (TPSA) is 15.3 Å². The number of nitrogens with one attached hydrogen (secondary N) is 1. The third-order valence-corrected chi connectivity index (χ3v) is 5.38. The summed E-state index contributed by atoms with van der Waals surface area (Å²) in [7, 11) is 0. The van der Waals surface area contributed by atoms with Crippen molar-refractivity contribution in [3.63, 3.8) is 0 Å². The molecule has 0 saturated carbocycles. The minimum absolute atomic E-state index is 0.720. The van der Waals surface area contributed by atoms with Crippen LogP contribution >= 0.6 is 11.8 Å². The van der Waals surface area contributed by atoms with Crippen molar-refractivity contribution in [3.8, 4) is 0 Å². The first-order chi connectivity index (χ1) is 8.15. The lowest BCUT2D eigenvalue weighted by Crippen LogP contribution is -2.56. The molecule has 17 heavy (non-hydrogen) atoms. The first-order valence-electron chi connectivity index (χ1n) is 7.24. The predicted molar refractivity (Wildman–Crippen MR) is 77.8 cm³/mol. The monoisotopic (exact) mass is 256 g/mol.